The average Bonchev–Trinajstić information content (AvgIpc) is 3.18. The van der Waals surface area contributed by atoms with Crippen molar-refractivity contribution in [2.24, 2.45) is 4.99 Å². The first kappa shape index (κ1) is 17.1. The van der Waals surface area contributed by atoms with E-state index in [1.807, 2.05) is 13.8 Å². The second-order valence-electron chi connectivity index (χ2n) is 6.65. The maximum absolute atomic E-state index is 13.4. The first-order valence-electron chi connectivity index (χ1n) is 8.72. The Bertz CT molecular complexity index is 608. The van der Waals surface area contributed by atoms with Crippen molar-refractivity contribution < 1.29 is 13.5 Å². The molecule has 1 aromatic rings. The fourth-order valence-electron chi connectivity index (χ4n) is 3.44. The Hall–Kier alpha value is -1.69. The van der Waals surface area contributed by atoms with Crippen LogP contribution in [0.4, 0.5) is 8.78 Å². The van der Waals surface area contributed by atoms with Crippen molar-refractivity contribution >= 4 is 5.96 Å². The third kappa shape index (κ3) is 3.86. The predicted molar refractivity (Wildman–Crippen MR) is 90.2 cm³/mol. The summed E-state index contributed by atoms with van der Waals surface area (Å²) in [5.74, 6) is -0.867. The Morgan fingerprint density at radius 1 is 1.33 bits per heavy atom. The van der Waals surface area contributed by atoms with E-state index in [1.54, 1.807) is 6.07 Å². The molecule has 2 aliphatic heterocycles. The molecule has 4 nitrogen and oxygen atoms in total. The Kier molecular flexibility index (Phi) is 5.33. The van der Waals surface area contributed by atoms with Gasteiger partial charge in [-0.05, 0) is 43.9 Å². The van der Waals surface area contributed by atoms with Gasteiger partial charge in [-0.3, -0.25) is 4.99 Å². The van der Waals surface area contributed by atoms with Gasteiger partial charge in [-0.2, -0.15) is 0 Å². The van der Waals surface area contributed by atoms with E-state index in [1.165, 1.54) is 12.1 Å². The zero-order chi connectivity index (χ0) is 17.1. The fourth-order valence-corrected chi connectivity index (χ4v) is 3.44. The van der Waals surface area contributed by atoms with Gasteiger partial charge < -0.3 is 15.4 Å². The summed E-state index contributed by atoms with van der Waals surface area (Å²) in [7, 11) is 0. The van der Waals surface area contributed by atoms with Gasteiger partial charge >= 0.3 is 0 Å². The summed E-state index contributed by atoms with van der Waals surface area (Å²) >= 11 is 0. The molecule has 1 aromatic carbocycles. The quantitative estimate of drug-likeness (QED) is 0.641. The monoisotopic (exact) mass is 337 g/mol. The van der Waals surface area contributed by atoms with Crippen LogP contribution in [0.25, 0.3) is 0 Å². The summed E-state index contributed by atoms with van der Waals surface area (Å²) in [6, 6.07) is 4.34. The van der Waals surface area contributed by atoms with E-state index in [4.69, 9.17) is 4.74 Å². The number of benzene rings is 1. The minimum Gasteiger partial charge on any atom is -0.373 e. The van der Waals surface area contributed by atoms with Crippen molar-refractivity contribution in [3.8, 4) is 0 Å². The van der Waals surface area contributed by atoms with E-state index >= 15 is 0 Å². The van der Waals surface area contributed by atoms with E-state index < -0.39 is 11.6 Å². The van der Waals surface area contributed by atoms with Gasteiger partial charge in [0.15, 0.2) is 17.6 Å². The second kappa shape index (κ2) is 7.47. The summed E-state index contributed by atoms with van der Waals surface area (Å²) in [4.78, 5) is 4.61. The molecular formula is C18H25F2N3O. The normalized spacial score (nSPS) is 27.3. The van der Waals surface area contributed by atoms with Crippen LogP contribution in [0.3, 0.4) is 0 Å². The third-order valence-electron chi connectivity index (χ3n) is 4.81. The minimum absolute atomic E-state index is 0.00633. The van der Waals surface area contributed by atoms with Crippen molar-refractivity contribution in [1.29, 1.82) is 0 Å². The Morgan fingerprint density at radius 3 is 2.79 bits per heavy atom. The van der Waals surface area contributed by atoms with E-state index in [0.29, 0.717) is 18.7 Å². The van der Waals surface area contributed by atoms with Crippen molar-refractivity contribution in [3.63, 3.8) is 0 Å². The lowest BCUT2D eigenvalue weighted by atomic mass is 9.96. The molecule has 4 atom stereocenters. The summed E-state index contributed by atoms with van der Waals surface area (Å²) in [6.45, 7) is 5.25. The molecule has 0 spiro atoms. The van der Waals surface area contributed by atoms with Crippen LogP contribution in [0, 0.1) is 11.6 Å². The Labute approximate surface area is 141 Å². The summed E-state index contributed by atoms with van der Waals surface area (Å²) in [5, 5.41) is 6.70. The smallest absolute Gasteiger partial charge is 0.191 e. The molecule has 0 aromatic heterocycles. The fraction of sp³-hybridized carbons (Fsp3) is 0.611. The van der Waals surface area contributed by atoms with Crippen molar-refractivity contribution in [3.05, 3.63) is 35.4 Å². The Morgan fingerprint density at radius 2 is 2.17 bits per heavy atom. The highest BCUT2D eigenvalue weighted by Gasteiger charge is 2.41. The number of ether oxygens (including phenoxy) is 1. The van der Waals surface area contributed by atoms with E-state index in [9.17, 15) is 8.78 Å². The molecule has 2 heterocycles. The second-order valence-corrected chi connectivity index (χ2v) is 6.65. The van der Waals surface area contributed by atoms with Gasteiger partial charge in [0, 0.05) is 19.0 Å². The molecule has 24 heavy (non-hydrogen) atoms. The van der Waals surface area contributed by atoms with Crippen LogP contribution < -0.4 is 10.6 Å². The number of hydrogen-bond acceptors (Lipinski definition) is 2. The zero-order valence-corrected chi connectivity index (χ0v) is 14.2. The van der Waals surface area contributed by atoms with Crippen LogP contribution in [-0.2, 0) is 4.74 Å². The molecular weight excluding hydrogens is 312 g/mol. The van der Waals surface area contributed by atoms with Crippen LogP contribution in [0.1, 0.15) is 44.6 Å². The van der Waals surface area contributed by atoms with Gasteiger partial charge in [0.2, 0.25) is 0 Å². The highest BCUT2D eigenvalue weighted by molar-refractivity contribution is 5.80. The van der Waals surface area contributed by atoms with Gasteiger partial charge in [-0.25, -0.2) is 8.78 Å². The average molecular weight is 337 g/mol. The summed E-state index contributed by atoms with van der Waals surface area (Å²) in [5.41, 5.74) is 0.747. The molecule has 0 saturated carbocycles. The molecule has 3 rings (SSSR count). The van der Waals surface area contributed by atoms with Gasteiger partial charge in [-0.15, -0.1) is 0 Å². The van der Waals surface area contributed by atoms with Gasteiger partial charge in [0.25, 0.3) is 0 Å². The van der Waals surface area contributed by atoms with E-state index in [0.717, 1.165) is 37.3 Å². The number of guanidine groups is 1. The zero-order valence-electron chi connectivity index (χ0n) is 14.2. The number of hydrogen-bond donors (Lipinski definition) is 2. The molecule has 2 bridgehead atoms. The lowest BCUT2D eigenvalue weighted by Gasteiger charge is -2.23. The molecule has 0 aliphatic carbocycles. The number of rotatable bonds is 5. The van der Waals surface area contributed by atoms with Crippen LogP contribution in [-0.4, -0.2) is 37.3 Å². The minimum atomic E-state index is -0.819. The van der Waals surface area contributed by atoms with Crippen molar-refractivity contribution in [2.45, 2.75) is 57.3 Å². The molecule has 4 unspecified atom stereocenters. The molecule has 2 aliphatic rings. The molecule has 6 heteroatoms. The third-order valence-corrected chi connectivity index (χ3v) is 4.81. The van der Waals surface area contributed by atoms with Crippen LogP contribution in [0.2, 0.25) is 0 Å². The lowest BCUT2D eigenvalue weighted by molar-refractivity contribution is 0.0992. The molecule has 2 saturated heterocycles. The lowest BCUT2D eigenvalue weighted by Crippen LogP contribution is -2.47. The first-order chi connectivity index (χ1) is 11.6. The standard InChI is InChI=1S/C18H25F2N3O/c1-3-21-18(23-16-9-13-5-7-17(16)24-13)22-10-11(2)12-4-6-14(19)15(20)8-12/h4,6,8,11,13,16-17H,3,5,7,9-10H2,1-2H3,(H2,21,22,23). The number of halogens is 2. The highest BCUT2D eigenvalue weighted by Crippen LogP contribution is 2.34. The summed E-state index contributed by atoms with van der Waals surface area (Å²) < 4.78 is 32.3. The maximum atomic E-state index is 13.4. The largest absolute Gasteiger partial charge is 0.373 e. The first-order valence-corrected chi connectivity index (χ1v) is 8.72. The number of fused-ring (bicyclic) bond motifs is 2. The molecule has 0 amide bonds. The van der Waals surface area contributed by atoms with Gasteiger partial charge in [-0.1, -0.05) is 13.0 Å². The molecule has 0 radical (unpaired) electrons. The number of nitrogens with zero attached hydrogens (tertiary/aromatic N) is 1. The predicted octanol–water partition coefficient (Wildman–Crippen LogP) is 2.94. The van der Waals surface area contributed by atoms with E-state index in [-0.39, 0.29) is 12.0 Å². The van der Waals surface area contributed by atoms with Gasteiger partial charge in [0.1, 0.15) is 0 Å². The van der Waals surface area contributed by atoms with Crippen molar-refractivity contribution in [1.82, 2.24) is 10.6 Å². The Balaban J connectivity index is 1.61. The van der Waals surface area contributed by atoms with Crippen LogP contribution >= 0.6 is 0 Å². The van der Waals surface area contributed by atoms with Crippen LogP contribution in [0.15, 0.2) is 23.2 Å². The summed E-state index contributed by atoms with van der Waals surface area (Å²) in [6.07, 6.45) is 3.95. The number of aliphatic imine (C=N–C) groups is 1. The molecule has 132 valence electrons. The highest BCUT2D eigenvalue weighted by atomic mass is 19.2. The van der Waals surface area contributed by atoms with Crippen molar-refractivity contribution in [2.75, 3.05) is 13.1 Å². The van der Waals surface area contributed by atoms with E-state index in [2.05, 4.69) is 15.6 Å². The number of nitrogens with one attached hydrogen (secondary N) is 2. The SMILES string of the molecule is CCNC(=NCC(C)c1ccc(F)c(F)c1)NC1CC2CCC1O2. The molecule has 2 fully saturated rings. The van der Waals surface area contributed by atoms with Crippen LogP contribution in [0.5, 0.6) is 0 Å². The topological polar surface area (TPSA) is 45.7 Å². The molecule has 2 N–H and O–H groups in total. The van der Waals surface area contributed by atoms with Gasteiger partial charge in [0.05, 0.1) is 18.2 Å². The maximum Gasteiger partial charge on any atom is 0.191 e.